The number of allylic oxidation sites excluding steroid dienone is 32. The summed E-state index contributed by atoms with van der Waals surface area (Å²) in [5.41, 5.74) is 0. The lowest BCUT2D eigenvalue weighted by molar-refractivity contribution is -0.870. The topological polar surface area (TPSA) is 108 Å². The second-order valence-corrected chi connectivity index (χ2v) is 27.4. The summed E-state index contributed by atoms with van der Waals surface area (Å²) in [6.45, 7) is 4.19. The third kappa shape index (κ3) is 77.9. The van der Waals surface area contributed by atoms with Crippen LogP contribution in [0.25, 0.3) is 0 Å². The minimum absolute atomic E-state index is 0.0212. The van der Waals surface area contributed by atoms with Crippen molar-refractivity contribution >= 4 is 19.8 Å². The highest BCUT2D eigenvalue weighted by atomic mass is 31.2. The van der Waals surface area contributed by atoms with E-state index in [-0.39, 0.29) is 32.0 Å². The van der Waals surface area contributed by atoms with Crippen LogP contribution in [0.3, 0.4) is 0 Å². The van der Waals surface area contributed by atoms with Crippen LogP contribution in [-0.4, -0.2) is 74.9 Å². The SMILES string of the molecule is CC/C=C\C/C=C\C/C=C\C/C=C\C/C=C\C/C=C\C/C=C\C/C=C\CCCCCCCCCCCCCCCCC(=O)OC(COC(=O)CCCCCCCCCC/C=C\C/C=C\C/C=C\C/C=C\C/C=C\C/C=C\C/C=C\C/C=C\CC)COP(=O)(O)OCC[N+](C)(C)C. The standard InChI is InChI=1S/C86H140NO8P/c1-6-8-10-12-14-16-18-20-22-24-26-28-30-32-34-36-38-40-41-42-43-44-45-47-49-51-53-55-57-59-61-63-65-67-69-71-73-75-77-79-86(89)95-84(83-94-96(90,91)93-81-80-87(3,4)5)82-92-85(88)78-76-74-72-70-68-66-64-62-60-58-56-54-52-50-48-46-39-37-35-33-31-29-27-25-23-21-19-17-15-13-11-9-7-2/h8-11,14-17,20-23,26-29,32-35,38-40,42-43,45-47,50,52,56,58,84H,6-7,12-13,18-19,24-25,30-31,36-37,41,44,48-49,51,53-55,57,59-83H2,1-5H3/p+1/b10-8-,11-9-,16-14-,17-15-,22-20-,23-21-,28-26-,29-27-,34-32-,35-33-,40-38-,43-42-,46-39-,47-45-,52-50-,58-56-. The zero-order chi connectivity index (χ0) is 69.7. The van der Waals surface area contributed by atoms with Crippen LogP contribution in [0.4, 0.5) is 0 Å². The minimum atomic E-state index is -4.41. The van der Waals surface area contributed by atoms with Gasteiger partial charge in [-0.1, -0.05) is 324 Å². The maximum atomic E-state index is 12.9. The fraction of sp³-hybridized carbons (Fsp3) is 0.605. The number of ether oxygens (including phenoxy) is 2. The van der Waals surface area contributed by atoms with Crippen LogP contribution >= 0.6 is 7.82 Å². The number of hydrogen-bond donors (Lipinski definition) is 1. The predicted octanol–water partition coefficient (Wildman–Crippen LogP) is 25.6. The Morgan fingerprint density at radius 1 is 0.323 bits per heavy atom. The van der Waals surface area contributed by atoms with Crippen LogP contribution in [0.15, 0.2) is 194 Å². The van der Waals surface area contributed by atoms with Gasteiger partial charge in [0.1, 0.15) is 19.8 Å². The molecule has 0 spiro atoms. The Hall–Kier alpha value is -5.15. The maximum Gasteiger partial charge on any atom is 0.472 e. The molecule has 0 amide bonds. The molecule has 96 heavy (non-hydrogen) atoms. The number of carbonyl (C=O) groups excluding carboxylic acids is 2. The van der Waals surface area contributed by atoms with Gasteiger partial charge < -0.3 is 18.9 Å². The van der Waals surface area contributed by atoms with E-state index < -0.39 is 26.5 Å². The van der Waals surface area contributed by atoms with Crippen molar-refractivity contribution in [2.45, 2.75) is 290 Å². The van der Waals surface area contributed by atoms with Gasteiger partial charge in [-0.2, -0.15) is 0 Å². The average Bonchev–Trinajstić information content (AvgIpc) is 1.98. The van der Waals surface area contributed by atoms with E-state index in [4.69, 9.17) is 18.5 Å². The Morgan fingerprint density at radius 3 is 0.833 bits per heavy atom. The molecule has 0 aliphatic heterocycles. The number of carbonyl (C=O) groups is 2. The molecule has 0 rings (SSSR count). The average molecular weight is 1350 g/mol. The van der Waals surface area contributed by atoms with E-state index >= 15 is 0 Å². The zero-order valence-corrected chi connectivity index (χ0v) is 62.7. The van der Waals surface area contributed by atoms with Crippen molar-refractivity contribution in [3.05, 3.63) is 194 Å². The fourth-order valence-electron chi connectivity index (χ4n) is 9.87. The van der Waals surface area contributed by atoms with E-state index in [1.54, 1.807) is 0 Å². The number of esters is 2. The number of likely N-dealkylation sites (N-methyl/N-ethyl adjacent to an activating group) is 1. The molecule has 0 saturated carbocycles. The first-order valence-corrected chi connectivity index (χ1v) is 39.7. The molecule has 0 aromatic heterocycles. The van der Waals surface area contributed by atoms with Crippen molar-refractivity contribution in [1.29, 1.82) is 0 Å². The Labute approximate surface area is 590 Å². The summed E-state index contributed by atoms with van der Waals surface area (Å²) in [6.07, 6.45) is 115. The largest absolute Gasteiger partial charge is 0.472 e. The first-order chi connectivity index (χ1) is 47.0. The number of phosphoric ester groups is 1. The van der Waals surface area contributed by atoms with Crippen molar-refractivity contribution in [2.24, 2.45) is 0 Å². The van der Waals surface area contributed by atoms with Gasteiger partial charge in [0.2, 0.25) is 0 Å². The normalized spacial score (nSPS) is 14.2. The van der Waals surface area contributed by atoms with E-state index in [0.29, 0.717) is 17.4 Å². The molecule has 0 aliphatic rings. The number of hydrogen-bond acceptors (Lipinski definition) is 7. The summed E-state index contributed by atoms with van der Waals surface area (Å²) in [5, 5.41) is 0. The molecule has 0 fully saturated rings. The van der Waals surface area contributed by atoms with Crippen LogP contribution in [-0.2, 0) is 32.7 Å². The van der Waals surface area contributed by atoms with E-state index in [2.05, 4.69) is 208 Å². The second-order valence-electron chi connectivity index (χ2n) is 25.9. The smallest absolute Gasteiger partial charge is 0.462 e. The third-order valence-electron chi connectivity index (χ3n) is 15.6. The van der Waals surface area contributed by atoms with Crippen LogP contribution in [0, 0.1) is 0 Å². The number of unbranched alkanes of at least 4 members (excludes halogenated alkanes) is 22. The molecule has 542 valence electrons. The lowest BCUT2D eigenvalue weighted by Crippen LogP contribution is -2.37. The number of quaternary nitrogens is 1. The van der Waals surface area contributed by atoms with Crippen molar-refractivity contribution in [2.75, 3.05) is 47.5 Å². The molecule has 2 unspecified atom stereocenters. The van der Waals surface area contributed by atoms with Crippen molar-refractivity contribution in [3.63, 3.8) is 0 Å². The fourth-order valence-corrected chi connectivity index (χ4v) is 10.6. The van der Waals surface area contributed by atoms with E-state index in [1.165, 1.54) is 96.3 Å². The predicted molar refractivity (Wildman–Crippen MR) is 417 cm³/mol. The Morgan fingerprint density at radius 2 is 0.562 bits per heavy atom. The minimum Gasteiger partial charge on any atom is -0.462 e. The van der Waals surface area contributed by atoms with Gasteiger partial charge in [-0.05, 0) is 141 Å². The van der Waals surface area contributed by atoms with Crippen LogP contribution in [0.5, 0.6) is 0 Å². The van der Waals surface area contributed by atoms with Gasteiger partial charge in [0.15, 0.2) is 6.10 Å². The van der Waals surface area contributed by atoms with E-state index in [9.17, 15) is 19.0 Å². The van der Waals surface area contributed by atoms with Gasteiger partial charge >= 0.3 is 19.8 Å². The molecule has 0 aromatic carbocycles. The molecule has 0 bridgehead atoms. The quantitative estimate of drug-likeness (QED) is 0.0211. The first kappa shape index (κ1) is 90.8. The molecule has 0 aromatic rings. The summed E-state index contributed by atoms with van der Waals surface area (Å²) in [7, 11) is 1.45. The monoisotopic (exact) mass is 1350 g/mol. The summed E-state index contributed by atoms with van der Waals surface area (Å²) in [5.74, 6) is -0.815. The summed E-state index contributed by atoms with van der Waals surface area (Å²) < 4.78 is 34.8. The van der Waals surface area contributed by atoms with Gasteiger partial charge in [0.25, 0.3) is 0 Å². The van der Waals surface area contributed by atoms with Gasteiger partial charge in [-0.25, -0.2) is 4.57 Å². The van der Waals surface area contributed by atoms with Crippen molar-refractivity contribution in [1.82, 2.24) is 0 Å². The molecule has 0 heterocycles. The van der Waals surface area contributed by atoms with Crippen molar-refractivity contribution in [3.8, 4) is 0 Å². The molecular formula is C86H141NO8P+. The Bertz CT molecular complexity index is 2330. The van der Waals surface area contributed by atoms with Crippen LogP contribution in [0.1, 0.15) is 284 Å². The molecule has 10 heteroatoms. The molecule has 0 radical (unpaired) electrons. The molecule has 2 atom stereocenters. The lowest BCUT2D eigenvalue weighted by Gasteiger charge is -2.24. The van der Waals surface area contributed by atoms with Crippen LogP contribution < -0.4 is 0 Å². The second kappa shape index (κ2) is 74.1. The third-order valence-corrected chi connectivity index (χ3v) is 16.6. The van der Waals surface area contributed by atoms with Crippen LogP contribution in [0.2, 0.25) is 0 Å². The van der Waals surface area contributed by atoms with E-state index in [0.717, 1.165) is 154 Å². The highest BCUT2D eigenvalue weighted by Gasteiger charge is 2.27. The lowest BCUT2D eigenvalue weighted by atomic mass is 10.0. The number of phosphoric acid groups is 1. The van der Waals surface area contributed by atoms with Gasteiger partial charge in [-0.3, -0.25) is 18.6 Å². The van der Waals surface area contributed by atoms with E-state index in [1.807, 2.05) is 21.1 Å². The molecular weight excluding hydrogens is 1210 g/mol. The molecule has 1 N–H and O–H groups in total. The molecule has 9 nitrogen and oxygen atoms in total. The number of nitrogens with zero attached hydrogens (tertiary/aromatic N) is 1. The maximum absolute atomic E-state index is 12.9. The Kier molecular flexibility index (Phi) is 70.1. The highest BCUT2D eigenvalue weighted by Crippen LogP contribution is 2.43. The highest BCUT2D eigenvalue weighted by molar-refractivity contribution is 7.47. The first-order valence-electron chi connectivity index (χ1n) is 38.2. The summed E-state index contributed by atoms with van der Waals surface area (Å²) in [4.78, 5) is 36.0. The van der Waals surface area contributed by atoms with Gasteiger partial charge in [-0.15, -0.1) is 0 Å². The zero-order valence-electron chi connectivity index (χ0n) is 61.8. The Balaban J connectivity index is 4.09. The van der Waals surface area contributed by atoms with Gasteiger partial charge in [0.05, 0.1) is 27.7 Å². The molecule has 0 aliphatic carbocycles. The summed E-state index contributed by atoms with van der Waals surface area (Å²) in [6, 6.07) is 0. The summed E-state index contributed by atoms with van der Waals surface area (Å²) >= 11 is 0. The molecule has 0 saturated heterocycles. The number of rotatable bonds is 68. The van der Waals surface area contributed by atoms with Gasteiger partial charge in [0, 0.05) is 12.8 Å². The van der Waals surface area contributed by atoms with Crippen molar-refractivity contribution < 1.29 is 42.1 Å².